The molecule has 0 aliphatic rings. The van der Waals surface area contributed by atoms with Gasteiger partial charge in [0.05, 0.1) is 67.3 Å². The minimum atomic E-state index is -1.11. The number of rotatable bonds is 25. The van der Waals surface area contributed by atoms with E-state index in [2.05, 4.69) is 27.7 Å². The lowest BCUT2D eigenvalue weighted by Crippen LogP contribution is -2.44. The molecule has 14 heteroatoms. The molecule has 0 amide bonds. The van der Waals surface area contributed by atoms with Gasteiger partial charge in [0, 0.05) is 32.0 Å². The predicted molar refractivity (Wildman–Crippen MR) is 279 cm³/mol. The first-order valence-corrected chi connectivity index (χ1v) is 25.8. The summed E-state index contributed by atoms with van der Waals surface area (Å²) in [6.07, 6.45) is 1.31. The van der Waals surface area contributed by atoms with E-state index < -0.39 is 17.3 Å². The number of ether oxygens (including phenoxy) is 6. The molecule has 6 atom stereocenters. The Hall–Kier alpha value is -3.98. The highest BCUT2D eigenvalue weighted by molar-refractivity contribution is 7.25. The van der Waals surface area contributed by atoms with Gasteiger partial charge in [-0.15, -0.1) is 22.7 Å². The molecule has 68 heavy (non-hydrogen) atoms. The van der Waals surface area contributed by atoms with Crippen LogP contribution in [-0.4, -0.2) is 73.6 Å². The first kappa shape index (κ1) is 53.4. The number of fused-ring (bicyclic) bond motifs is 4. The molecule has 2 heterocycles. The molecule has 10 nitrogen and oxygen atoms in total. The Balaban J connectivity index is 0.961. The number of carbonyl (C=O) groups excluding carboxylic acids is 2. The van der Waals surface area contributed by atoms with Crippen molar-refractivity contribution in [1.29, 1.82) is 0 Å². The lowest BCUT2D eigenvalue weighted by Gasteiger charge is -2.36. The Morgan fingerprint density at radius 2 is 1.19 bits per heavy atom. The number of halogens is 2. The molecule has 0 aliphatic carbocycles. The smallest absolute Gasteiger partial charge is 0.201 e. The fourth-order valence-electron chi connectivity index (χ4n) is 8.24. The van der Waals surface area contributed by atoms with Crippen molar-refractivity contribution in [2.24, 2.45) is 5.41 Å². The quantitative estimate of drug-likeness (QED) is 0.0512. The average Bonchev–Trinajstić information content (AvgIpc) is 3.31. The Labute approximate surface area is 417 Å². The molecule has 6 aromatic rings. The summed E-state index contributed by atoms with van der Waals surface area (Å²) < 4.78 is 40.7. The van der Waals surface area contributed by atoms with Gasteiger partial charge in [0.2, 0.25) is 5.78 Å². The van der Waals surface area contributed by atoms with Gasteiger partial charge >= 0.3 is 0 Å². The zero-order valence-corrected chi connectivity index (χ0v) is 43.9. The molecule has 0 bridgehead atoms. The van der Waals surface area contributed by atoms with Gasteiger partial charge in [-0.1, -0.05) is 82.1 Å². The zero-order chi connectivity index (χ0) is 49.6. The van der Waals surface area contributed by atoms with Gasteiger partial charge in [-0.05, 0) is 109 Å². The first-order chi connectivity index (χ1) is 32.2. The molecule has 0 N–H and O–H groups in total. The van der Waals surface area contributed by atoms with Crippen molar-refractivity contribution in [3.05, 3.63) is 103 Å². The topological polar surface area (TPSA) is 124 Å². The van der Waals surface area contributed by atoms with Crippen LogP contribution in [0.2, 0.25) is 10.0 Å². The second-order valence-corrected chi connectivity index (χ2v) is 21.9. The number of Topliss-reactive ketones (excluding diaryl/α,β-unsaturated/α-hetero) is 2. The molecule has 6 rings (SSSR count). The lowest BCUT2D eigenvalue weighted by atomic mass is 9.92. The van der Waals surface area contributed by atoms with Crippen LogP contribution in [0.15, 0.2) is 82.4 Å². The molecule has 0 aliphatic heterocycles. The molecule has 6 unspecified atom stereocenters. The van der Waals surface area contributed by atoms with E-state index in [9.17, 15) is 19.2 Å². The zero-order valence-electron chi connectivity index (χ0n) is 40.8. The predicted octanol–water partition coefficient (Wildman–Crippen LogP) is 13.2. The maximum atomic E-state index is 13.7. The highest BCUT2D eigenvalue weighted by atomic mass is 35.5. The van der Waals surface area contributed by atoms with Crippen LogP contribution < -0.4 is 20.3 Å². The van der Waals surface area contributed by atoms with Gasteiger partial charge in [0.1, 0.15) is 36.4 Å². The average molecular weight is 1010 g/mol. The third kappa shape index (κ3) is 12.7. The maximum absolute atomic E-state index is 13.7. The van der Waals surface area contributed by atoms with E-state index in [1.54, 1.807) is 43.3 Å². The number of benzene rings is 4. The summed E-state index contributed by atoms with van der Waals surface area (Å²) in [5.74, 6) is 0.449. The largest absolute Gasteiger partial charge is 0.484 e. The minimum Gasteiger partial charge on any atom is -0.484 e. The molecule has 0 saturated heterocycles. The maximum Gasteiger partial charge on any atom is 0.201 e. The first-order valence-electron chi connectivity index (χ1n) is 23.4. The third-order valence-corrected chi connectivity index (χ3v) is 15.6. The Bertz CT molecular complexity index is 2880. The summed E-state index contributed by atoms with van der Waals surface area (Å²) in [7, 11) is 0. The van der Waals surface area contributed by atoms with Gasteiger partial charge in [-0.2, -0.15) is 0 Å². The van der Waals surface area contributed by atoms with Crippen LogP contribution in [0.1, 0.15) is 101 Å². The minimum absolute atomic E-state index is 0.168. The molecular weight excluding hydrogens is 944 g/mol. The summed E-state index contributed by atoms with van der Waals surface area (Å²) in [5.41, 5.74) is -2.30. The Kier molecular flexibility index (Phi) is 17.9. The van der Waals surface area contributed by atoms with E-state index >= 15 is 0 Å². The lowest BCUT2D eigenvalue weighted by molar-refractivity contribution is -0.156. The molecular formula is C54H64Cl2O10S2. The number of hydrogen-bond acceptors (Lipinski definition) is 12. The number of carbonyl (C=O) groups is 2. The van der Waals surface area contributed by atoms with Crippen molar-refractivity contribution in [1.82, 2.24) is 0 Å². The van der Waals surface area contributed by atoms with Gasteiger partial charge in [-0.25, -0.2) is 0 Å². The van der Waals surface area contributed by atoms with E-state index in [-0.39, 0.29) is 59.4 Å². The van der Waals surface area contributed by atoms with E-state index in [4.69, 9.17) is 51.6 Å². The van der Waals surface area contributed by atoms with Crippen molar-refractivity contribution in [2.75, 3.05) is 26.4 Å². The second kappa shape index (κ2) is 22.8. The van der Waals surface area contributed by atoms with Crippen molar-refractivity contribution in [2.45, 2.75) is 137 Å². The third-order valence-electron chi connectivity index (χ3n) is 12.6. The molecule has 4 aromatic carbocycles. The monoisotopic (exact) mass is 1010 g/mol. The van der Waals surface area contributed by atoms with Crippen molar-refractivity contribution >= 4 is 97.8 Å². The van der Waals surface area contributed by atoms with Crippen LogP contribution in [0.5, 0.6) is 11.5 Å². The van der Waals surface area contributed by atoms with E-state index in [0.29, 0.717) is 91.4 Å². The highest BCUT2D eigenvalue weighted by Gasteiger charge is 2.36. The molecule has 0 spiro atoms. The molecule has 0 radical (unpaired) electrons. The van der Waals surface area contributed by atoms with Gasteiger partial charge in [0.15, 0.2) is 16.6 Å². The van der Waals surface area contributed by atoms with E-state index in [0.717, 1.165) is 15.8 Å². The Morgan fingerprint density at radius 3 is 1.71 bits per heavy atom. The molecule has 0 saturated carbocycles. The van der Waals surface area contributed by atoms with Gasteiger partial charge < -0.3 is 28.4 Å². The highest BCUT2D eigenvalue weighted by Crippen LogP contribution is 2.38. The summed E-state index contributed by atoms with van der Waals surface area (Å²) in [4.78, 5) is 53.9. The normalized spacial score (nSPS) is 15.8. The van der Waals surface area contributed by atoms with Crippen LogP contribution in [0.25, 0.3) is 40.3 Å². The van der Waals surface area contributed by atoms with Gasteiger partial charge in [-0.3, -0.25) is 19.2 Å². The summed E-state index contributed by atoms with van der Waals surface area (Å²) in [6.45, 7) is 20.3. The van der Waals surface area contributed by atoms with Crippen LogP contribution in [0, 0.1) is 5.41 Å². The summed E-state index contributed by atoms with van der Waals surface area (Å²) in [5, 5.41) is 2.63. The molecule has 2 aromatic heterocycles. The van der Waals surface area contributed by atoms with Crippen molar-refractivity contribution in [3.63, 3.8) is 0 Å². The number of ketones is 2. The van der Waals surface area contributed by atoms with Crippen LogP contribution in [-0.2, 0) is 28.5 Å². The van der Waals surface area contributed by atoms with Crippen molar-refractivity contribution < 1.29 is 38.0 Å². The number of hydrogen-bond donors (Lipinski definition) is 0. The fraction of sp³-hybridized carbons (Fsp3) is 0.481. The van der Waals surface area contributed by atoms with Crippen molar-refractivity contribution in [3.8, 4) is 11.5 Å². The van der Waals surface area contributed by atoms with Gasteiger partial charge in [0.25, 0.3) is 0 Å². The van der Waals surface area contributed by atoms with E-state index in [1.807, 2.05) is 71.0 Å². The standard InChI is InChI=1S/C54H64Cl2O10S2/c1-11-40(39(57)28-61-41-24-22-37(55)46-48(59)35-18-14-16-20-43(35)67-50(41)46)65-34(6)27-53(9,12-2)64-31-52(7,8)30-63-32(4)26-33(5)66-54(10,13-3)45(58)29-62-42-25-23-38(56)47-49(60)36-19-15-17-21-44(36)68-51(42)47/h14-25,32-34,40H,11-13,26-31H2,1-10H3. The van der Waals surface area contributed by atoms with Crippen LogP contribution in [0.3, 0.4) is 0 Å². The SMILES string of the molecule is CCC(OC(C)CC(C)(CC)OCC(C)(C)COC(C)CC(C)OC(C)(CC)C(=O)COc1ccc(Cl)c2c(=O)c3ccccc3sc12)C(=O)COc1ccc(Cl)c2c(=O)c3ccccc3sc12. The second-order valence-electron chi connectivity index (χ2n) is 19.0. The molecule has 0 fully saturated rings. The van der Waals surface area contributed by atoms with Crippen LogP contribution >= 0.6 is 45.9 Å². The summed E-state index contributed by atoms with van der Waals surface area (Å²) in [6, 6.07) is 21.4. The van der Waals surface area contributed by atoms with E-state index in [1.165, 1.54) is 22.7 Å². The Morgan fingerprint density at radius 1 is 0.662 bits per heavy atom. The fourth-order valence-corrected chi connectivity index (χ4v) is 11.2. The summed E-state index contributed by atoms with van der Waals surface area (Å²) >= 11 is 15.8. The van der Waals surface area contributed by atoms with Crippen LogP contribution in [0.4, 0.5) is 0 Å². The molecule has 366 valence electrons.